The average molecular weight is 947 g/mol. The van der Waals surface area contributed by atoms with Gasteiger partial charge in [0.15, 0.2) is 0 Å². The zero-order valence-electron chi connectivity index (χ0n) is 41.5. The molecule has 2 nitrogen and oxygen atoms in total. The van der Waals surface area contributed by atoms with E-state index in [2.05, 4.69) is 292 Å². The first-order valence-corrected chi connectivity index (χ1v) is 32.1. The van der Waals surface area contributed by atoms with Crippen LogP contribution in [0.15, 0.2) is 243 Å². The van der Waals surface area contributed by atoms with Crippen molar-refractivity contribution in [1.29, 1.82) is 0 Å². The van der Waals surface area contributed by atoms with Crippen molar-refractivity contribution in [2.75, 3.05) is 9.80 Å². The lowest BCUT2D eigenvalue weighted by Crippen LogP contribution is -2.63. The lowest BCUT2D eigenvalue weighted by atomic mass is 9.90. The average Bonchev–Trinajstić information content (AvgIpc) is 3.73. The van der Waals surface area contributed by atoms with Crippen LogP contribution in [0.2, 0.25) is 39.3 Å². The van der Waals surface area contributed by atoms with E-state index in [9.17, 15) is 0 Å². The Labute approximate surface area is 421 Å². The van der Waals surface area contributed by atoms with Gasteiger partial charge in [-0.1, -0.05) is 215 Å². The molecule has 0 aromatic heterocycles. The molecule has 0 unspecified atom stereocenters. The monoisotopic (exact) mass is 946 g/mol. The van der Waals surface area contributed by atoms with Crippen LogP contribution in [0.4, 0.5) is 34.1 Å². The largest absolute Gasteiger partial charge is 0.310 e. The van der Waals surface area contributed by atoms with E-state index in [1.807, 2.05) is 0 Å². The predicted octanol–water partition coefficient (Wildman–Crippen LogP) is 19.4. The molecule has 11 aromatic carbocycles. The predicted molar refractivity (Wildman–Crippen MR) is 312 cm³/mol. The molecule has 0 spiro atoms. The highest BCUT2D eigenvalue weighted by Gasteiger charge is 2.60. The standard InChI is InChI=1S/C67H58N2Si2/c1-70(2,3)67(71(4,5)6)62-45-50-43-53(68(51-29-15-9-16-30-51)63-37-23-21-33-55(63)47-25-11-7-12-26-47)40-39-49(50)44-61(62)65-58-36-20-19-35-57(58)60-46-54(41-42-59(60)66(65)67)69(52-31-17-10-18-32-52)64-38-24-22-34-56(64)48-27-13-8-14-28-48/h7-46H,1-6H3. The molecule has 11 aromatic rings. The molecule has 0 fully saturated rings. The topological polar surface area (TPSA) is 6.48 Å². The molecule has 344 valence electrons. The van der Waals surface area contributed by atoms with Gasteiger partial charge in [0.1, 0.15) is 0 Å². The van der Waals surface area contributed by atoms with E-state index >= 15 is 0 Å². The van der Waals surface area contributed by atoms with E-state index in [-0.39, 0.29) is 4.66 Å². The van der Waals surface area contributed by atoms with Crippen molar-refractivity contribution in [2.24, 2.45) is 0 Å². The molecule has 4 heteroatoms. The second-order valence-corrected chi connectivity index (χ2v) is 32.3. The second-order valence-electron chi connectivity index (χ2n) is 21.3. The van der Waals surface area contributed by atoms with E-state index < -0.39 is 16.1 Å². The van der Waals surface area contributed by atoms with Crippen LogP contribution in [0.3, 0.4) is 0 Å². The van der Waals surface area contributed by atoms with E-state index in [0.29, 0.717) is 0 Å². The number of hydrogen-bond acceptors (Lipinski definition) is 2. The molecule has 0 saturated heterocycles. The molecular weight excluding hydrogens is 889 g/mol. The lowest BCUT2D eigenvalue weighted by molar-refractivity contribution is 0.965. The number of fused-ring (bicyclic) bond motifs is 9. The summed E-state index contributed by atoms with van der Waals surface area (Å²) in [6.07, 6.45) is 0. The first kappa shape index (κ1) is 44.4. The molecule has 0 aliphatic heterocycles. The summed E-state index contributed by atoms with van der Waals surface area (Å²) in [5, 5.41) is 7.87. The van der Waals surface area contributed by atoms with Gasteiger partial charge in [0.2, 0.25) is 0 Å². The summed E-state index contributed by atoms with van der Waals surface area (Å²) < 4.78 is -0.114. The van der Waals surface area contributed by atoms with Crippen molar-refractivity contribution in [3.63, 3.8) is 0 Å². The van der Waals surface area contributed by atoms with Gasteiger partial charge in [0.25, 0.3) is 0 Å². The Morgan fingerprint density at radius 2 is 0.761 bits per heavy atom. The summed E-state index contributed by atoms with van der Waals surface area (Å²) in [5.74, 6) is 0. The number of anilines is 6. The van der Waals surface area contributed by atoms with E-state index in [4.69, 9.17) is 0 Å². The summed E-state index contributed by atoms with van der Waals surface area (Å²) in [5.41, 5.74) is 17.6. The van der Waals surface area contributed by atoms with Gasteiger partial charge >= 0.3 is 0 Å². The van der Waals surface area contributed by atoms with Gasteiger partial charge in [0.05, 0.1) is 27.5 Å². The maximum atomic E-state index is 2.65. The highest BCUT2D eigenvalue weighted by molar-refractivity contribution is 7.00. The first-order chi connectivity index (χ1) is 34.5. The zero-order chi connectivity index (χ0) is 48.5. The Kier molecular flexibility index (Phi) is 10.8. The van der Waals surface area contributed by atoms with Gasteiger partial charge in [-0.25, -0.2) is 0 Å². The number of para-hydroxylation sites is 4. The van der Waals surface area contributed by atoms with Crippen molar-refractivity contribution in [3.8, 4) is 33.4 Å². The molecule has 0 radical (unpaired) electrons. The molecule has 0 atom stereocenters. The Hall–Kier alpha value is -7.77. The highest BCUT2D eigenvalue weighted by Crippen LogP contribution is 2.62. The molecule has 1 aliphatic rings. The minimum Gasteiger partial charge on any atom is -0.310 e. The third-order valence-corrected chi connectivity index (χ3v) is 25.3. The number of rotatable bonds is 10. The van der Waals surface area contributed by atoms with Crippen molar-refractivity contribution in [1.82, 2.24) is 0 Å². The fourth-order valence-electron chi connectivity index (χ4n) is 12.8. The Balaban J connectivity index is 1.11. The van der Waals surface area contributed by atoms with Gasteiger partial charge < -0.3 is 9.80 Å². The molecule has 0 bridgehead atoms. The smallest absolute Gasteiger partial charge is 0.0579 e. The quantitative estimate of drug-likeness (QED) is 0.0996. The third-order valence-electron chi connectivity index (χ3n) is 15.3. The molecule has 0 N–H and O–H groups in total. The minimum atomic E-state index is -2.13. The Morgan fingerprint density at radius 3 is 1.30 bits per heavy atom. The van der Waals surface area contributed by atoms with Crippen LogP contribution in [0.25, 0.3) is 65.7 Å². The summed E-state index contributed by atoms with van der Waals surface area (Å²) >= 11 is 0. The first-order valence-electron chi connectivity index (χ1n) is 25.1. The lowest BCUT2D eigenvalue weighted by Gasteiger charge is -2.51. The maximum Gasteiger partial charge on any atom is 0.0579 e. The van der Waals surface area contributed by atoms with Crippen molar-refractivity contribution in [2.45, 2.75) is 43.9 Å². The molecule has 0 saturated carbocycles. The third kappa shape index (κ3) is 7.19. The molecular formula is C67H58N2Si2. The SMILES string of the molecule is C[Si](C)(C)C1([Si](C)(C)C)c2cc3cc(N(c4ccccc4)c4ccccc4-c4ccccc4)ccc3cc2-c2c1c1ccc(N(c3ccccc3)c3ccccc3-c3ccccc3)cc1c1ccccc21. The molecule has 12 rings (SSSR count). The van der Waals surface area contributed by atoms with Crippen LogP contribution in [0, 0.1) is 0 Å². The normalized spacial score (nSPS) is 13.0. The van der Waals surface area contributed by atoms with Crippen molar-refractivity contribution >= 4 is 82.6 Å². The van der Waals surface area contributed by atoms with Gasteiger partial charge in [-0.3, -0.25) is 0 Å². The summed E-state index contributed by atoms with van der Waals surface area (Å²) in [4.78, 5) is 4.91. The van der Waals surface area contributed by atoms with E-state index in [1.165, 1.54) is 71.3 Å². The van der Waals surface area contributed by atoms with Crippen LogP contribution in [-0.4, -0.2) is 16.1 Å². The molecule has 0 heterocycles. The fraction of sp³-hybridized carbons (Fsp3) is 0.104. The molecule has 71 heavy (non-hydrogen) atoms. The van der Waals surface area contributed by atoms with Crippen LogP contribution in [0.5, 0.6) is 0 Å². The van der Waals surface area contributed by atoms with Crippen molar-refractivity contribution < 1.29 is 0 Å². The number of benzene rings is 11. The van der Waals surface area contributed by atoms with Crippen LogP contribution < -0.4 is 9.80 Å². The van der Waals surface area contributed by atoms with Crippen LogP contribution >= 0.6 is 0 Å². The highest BCUT2D eigenvalue weighted by atomic mass is 28.4. The number of nitrogens with zero attached hydrogens (tertiary/aromatic N) is 2. The molecule has 0 amide bonds. The van der Waals surface area contributed by atoms with Crippen LogP contribution in [0.1, 0.15) is 11.1 Å². The van der Waals surface area contributed by atoms with Gasteiger partial charge in [0, 0.05) is 38.5 Å². The Bertz CT molecular complexity index is 3770. The zero-order valence-corrected chi connectivity index (χ0v) is 43.5. The maximum absolute atomic E-state index is 2.65. The number of hydrogen-bond donors (Lipinski definition) is 0. The minimum absolute atomic E-state index is 0.114. The Morgan fingerprint density at radius 1 is 0.310 bits per heavy atom. The van der Waals surface area contributed by atoms with Crippen LogP contribution in [-0.2, 0) is 4.66 Å². The van der Waals surface area contributed by atoms with E-state index in [0.717, 1.165) is 34.1 Å². The van der Waals surface area contributed by atoms with Gasteiger partial charge in [-0.2, -0.15) is 0 Å². The molecule has 1 aliphatic carbocycles. The second kappa shape index (κ2) is 17.3. The van der Waals surface area contributed by atoms with Gasteiger partial charge in [-0.15, -0.1) is 0 Å². The fourth-order valence-corrected chi connectivity index (χ4v) is 25.9. The summed E-state index contributed by atoms with van der Waals surface area (Å²) in [6.45, 7) is 15.9. The van der Waals surface area contributed by atoms with E-state index in [1.54, 1.807) is 5.56 Å². The summed E-state index contributed by atoms with van der Waals surface area (Å²) in [6, 6.07) is 90.1. The summed E-state index contributed by atoms with van der Waals surface area (Å²) in [7, 11) is -4.27. The van der Waals surface area contributed by atoms with Crippen molar-refractivity contribution in [3.05, 3.63) is 254 Å². The van der Waals surface area contributed by atoms with Gasteiger partial charge in [-0.05, 0) is 132 Å².